The molecule has 1 rings (SSSR count). The maximum atomic E-state index is 14.3. The first-order chi connectivity index (χ1) is 11.7. The van der Waals surface area contributed by atoms with Gasteiger partial charge in [0.1, 0.15) is 35.2 Å². The second-order valence-electron chi connectivity index (χ2n) is 5.73. The molecule has 23 heavy (non-hydrogen) atoms. The van der Waals surface area contributed by atoms with Gasteiger partial charge in [0.2, 0.25) is 0 Å². The zero-order valence-corrected chi connectivity index (χ0v) is 14.4. The monoisotopic (exact) mass is 388 g/mol. The van der Waals surface area contributed by atoms with Gasteiger partial charge in [-0.15, -0.1) is 0 Å². The van der Waals surface area contributed by atoms with Gasteiger partial charge in [-0.1, -0.05) is 0 Å². The predicted molar refractivity (Wildman–Crippen MR) is 84.5 cm³/mol. The molecular formula is C16H17BrFNO4. The standard InChI is InChI=1S/C16H17BrFNO4/c1-16(2,3)23-13(21)7-10(20)5-9-6-12(22-4)11(8-19)15(18)14(9)17/h6H,5,7H2,1-4H3/i4D3. The fraction of sp³-hybridized carbons (Fsp3) is 0.438. The minimum absolute atomic E-state index is 0.0503. The summed E-state index contributed by atoms with van der Waals surface area (Å²) in [6.45, 7) is 4.96. The molecule has 1 aromatic carbocycles. The highest BCUT2D eigenvalue weighted by atomic mass is 79.9. The van der Waals surface area contributed by atoms with Crippen molar-refractivity contribution in [2.75, 3.05) is 7.04 Å². The number of benzene rings is 1. The number of carbonyl (C=O) groups is 2. The van der Waals surface area contributed by atoms with Gasteiger partial charge in [-0.2, -0.15) is 5.26 Å². The molecule has 124 valence electrons. The Morgan fingerprint density at radius 1 is 1.48 bits per heavy atom. The van der Waals surface area contributed by atoms with Crippen LogP contribution < -0.4 is 4.74 Å². The van der Waals surface area contributed by atoms with Gasteiger partial charge in [0.15, 0.2) is 5.82 Å². The van der Waals surface area contributed by atoms with E-state index in [0.29, 0.717) is 0 Å². The van der Waals surface area contributed by atoms with E-state index in [1.807, 2.05) is 0 Å². The topological polar surface area (TPSA) is 76.4 Å². The predicted octanol–water partition coefficient (Wildman–Crippen LogP) is 3.31. The first kappa shape index (κ1) is 14.6. The molecule has 0 bridgehead atoms. The van der Waals surface area contributed by atoms with Crippen molar-refractivity contribution >= 4 is 27.7 Å². The minimum Gasteiger partial charge on any atom is -0.495 e. The Labute approximate surface area is 146 Å². The number of rotatable bonds is 5. The number of methoxy groups -OCH3 is 1. The van der Waals surface area contributed by atoms with Crippen molar-refractivity contribution in [1.82, 2.24) is 0 Å². The highest BCUT2D eigenvalue weighted by Crippen LogP contribution is 2.31. The summed E-state index contributed by atoms with van der Waals surface area (Å²) in [7, 11) is -2.90. The Bertz CT molecular complexity index is 767. The second kappa shape index (κ2) is 7.55. The van der Waals surface area contributed by atoms with E-state index in [9.17, 15) is 14.0 Å². The second-order valence-corrected chi connectivity index (χ2v) is 6.52. The lowest BCUT2D eigenvalue weighted by atomic mass is 10.0. The van der Waals surface area contributed by atoms with Crippen molar-refractivity contribution in [1.29, 1.82) is 5.26 Å². The molecule has 0 atom stereocenters. The molecule has 0 saturated heterocycles. The lowest BCUT2D eigenvalue weighted by Crippen LogP contribution is -2.25. The summed E-state index contributed by atoms with van der Waals surface area (Å²) in [6, 6.07) is 2.62. The number of hydrogen-bond donors (Lipinski definition) is 0. The van der Waals surface area contributed by atoms with Crippen LogP contribution in [0.25, 0.3) is 0 Å². The van der Waals surface area contributed by atoms with Crippen molar-refractivity contribution in [2.45, 2.75) is 39.2 Å². The van der Waals surface area contributed by atoms with E-state index in [1.165, 1.54) is 6.07 Å². The van der Waals surface area contributed by atoms with Crippen LogP contribution in [0.15, 0.2) is 10.5 Å². The van der Waals surface area contributed by atoms with Gasteiger partial charge in [-0.3, -0.25) is 9.59 Å². The van der Waals surface area contributed by atoms with Gasteiger partial charge in [-0.25, -0.2) is 4.39 Å². The molecule has 0 aliphatic rings. The Morgan fingerprint density at radius 2 is 2.13 bits per heavy atom. The Kier molecular flexibility index (Phi) is 4.81. The number of ether oxygens (including phenoxy) is 2. The number of carbonyl (C=O) groups excluding carboxylic acids is 2. The first-order valence-electron chi connectivity index (χ1n) is 8.07. The molecule has 0 amide bonds. The Morgan fingerprint density at radius 3 is 2.65 bits per heavy atom. The summed E-state index contributed by atoms with van der Waals surface area (Å²) in [5.41, 5.74) is -1.30. The smallest absolute Gasteiger partial charge is 0.313 e. The molecule has 7 heteroatoms. The molecule has 0 N–H and O–H groups in total. The number of hydrogen-bond acceptors (Lipinski definition) is 5. The third-order valence-corrected chi connectivity index (χ3v) is 3.47. The third kappa shape index (κ3) is 5.32. The molecule has 0 radical (unpaired) electrons. The van der Waals surface area contributed by atoms with Crippen LogP contribution in [0.1, 0.15) is 42.4 Å². The molecule has 1 aromatic rings. The van der Waals surface area contributed by atoms with E-state index < -0.39 is 47.9 Å². The number of nitrogens with zero attached hydrogens (tertiary/aromatic N) is 1. The van der Waals surface area contributed by atoms with E-state index in [0.717, 1.165) is 6.07 Å². The summed E-state index contributed by atoms with van der Waals surface area (Å²) in [5.74, 6) is -2.85. The lowest BCUT2D eigenvalue weighted by molar-refractivity contribution is -0.156. The van der Waals surface area contributed by atoms with Crippen molar-refractivity contribution in [3.63, 3.8) is 0 Å². The van der Waals surface area contributed by atoms with Gasteiger partial charge in [0, 0.05) is 6.42 Å². The van der Waals surface area contributed by atoms with Crippen molar-refractivity contribution in [3.8, 4) is 11.8 Å². The van der Waals surface area contributed by atoms with Crippen LogP contribution in [-0.4, -0.2) is 24.4 Å². The summed E-state index contributed by atoms with van der Waals surface area (Å²) in [4.78, 5) is 23.8. The van der Waals surface area contributed by atoms with Gasteiger partial charge in [0.05, 0.1) is 15.6 Å². The van der Waals surface area contributed by atoms with Crippen LogP contribution in [0.5, 0.6) is 5.75 Å². The molecule has 5 nitrogen and oxygen atoms in total. The zero-order valence-electron chi connectivity index (χ0n) is 15.8. The van der Waals surface area contributed by atoms with E-state index in [-0.39, 0.29) is 16.5 Å². The molecule has 0 heterocycles. The fourth-order valence-electron chi connectivity index (χ4n) is 1.78. The summed E-state index contributed by atoms with van der Waals surface area (Å²) < 4.78 is 45.1. The maximum Gasteiger partial charge on any atom is 0.313 e. The molecule has 0 fully saturated rings. The van der Waals surface area contributed by atoms with Gasteiger partial charge in [-0.05, 0) is 48.3 Å². The molecule has 0 aromatic heterocycles. The molecule has 0 unspecified atom stereocenters. The van der Waals surface area contributed by atoms with Crippen LogP contribution >= 0.6 is 15.9 Å². The Hall–Kier alpha value is -1.94. The van der Waals surface area contributed by atoms with Crippen LogP contribution in [0.3, 0.4) is 0 Å². The number of halogens is 2. The average molecular weight is 389 g/mol. The van der Waals surface area contributed by atoms with Crippen LogP contribution in [0, 0.1) is 17.1 Å². The minimum atomic E-state index is -2.90. The number of nitriles is 1. The number of Topliss-reactive ketones (excluding diaryl/α,β-unsaturated/α-hetero) is 1. The van der Waals surface area contributed by atoms with E-state index in [2.05, 4.69) is 20.7 Å². The van der Waals surface area contributed by atoms with Crippen molar-refractivity contribution in [3.05, 3.63) is 27.5 Å². The first-order valence-corrected chi connectivity index (χ1v) is 7.36. The lowest BCUT2D eigenvalue weighted by Gasteiger charge is -2.19. The van der Waals surface area contributed by atoms with Gasteiger partial charge < -0.3 is 9.47 Å². The normalized spacial score (nSPS) is 13.3. The number of esters is 1. The zero-order chi connectivity index (χ0) is 20.3. The molecular weight excluding hydrogens is 369 g/mol. The van der Waals surface area contributed by atoms with E-state index in [4.69, 9.17) is 14.1 Å². The van der Waals surface area contributed by atoms with Crippen LogP contribution in [0.2, 0.25) is 0 Å². The highest BCUT2D eigenvalue weighted by molar-refractivity contribution is 9.10. The molecule has 0 spiro atoms. The van der Waals surface area contributed by atoms with Gasteiger partial charge in [0.25, 0.3) is 0 Å². The summed E-state index contributed by atoms with van der Waals surface area (Å²) >= 11 is 2.94. The maximum absolute atomic E-state index is 14.3. The number of ketones is 1. The van der Waals surface area contributed by atoms with Crippen LogP contribution in [-0.2, 0) is 20.7 Å². The van der Waals surface area contributed by atoms with E-state index in [1.54, 1.807) is 20.8 Å². The third-order valence-electron chi connectivity index (χ3n) is 2.62. The molecule has 0 aliphatic heterocycles. The van der Waals surface area contributed by atoms with Crippen molar-refractivity contribution < 1.29 is 27.6 Å². The van der Waals surface area contributed by atoms with Crippen LogP contribution in [0.4, 0.5) is 4.39 Å². The SMILES string of the molecule is [2H]C([2H])([2H])Oc1cc(CC(=O)CC(=O)OC(C)(C)C)c(Br)c(F)c1C#N. The largest absolute Gasteiger partial charge is 0.495 e. The molecule has 0 aliphatic carbocycles. The quantitative estimate of drug-likeness (QED) is 0.571. The summed E-state index contributed by atoms with van der Waals surface area (Å²) in [5, 5.41) is 9.02. The fourth-order valence-corrected chi connectivity index (χ4v) is 2.23. The average Bonchev–Trinajstić information content (AvgIpc) is 2.40. The molecule has 0 saturated carbocycles. The van der Waals surface area contributed by atoms with Gasteiger partial charge >= 0.3 is 5.97 Å². The van der Waals surface area contributed by atoms with Crippen molar-refractivity contribution in [2.24, 2.45) is 0 Å². The summed E-state index contributed by atoms with van der Waals surface area (Å²) in [6.07, 6.45) is -0.902. The van der Waals surface area contributed by atoms with E-state index >= 15 is 0 Å². The highest BCUT2D eigenvalue weighted by Gasteiger charge is 2.22. The Balaban J connectivity index is 3.08.